The summed E-state index contributed by atoms with van der Waals surface area (Å²) in [4.78, 5) is 28.5. The van der Waals surface area contributed by atoms with Gasteiger partial charge in [0.05, 0.1) is 30.4 Å². The van der Waals surface area contributed by atoms with Crippen molar-refractivity contribution in [2.24, 2.45) is 0 Å². The maximum atomic E-state index is 13.3. The Kier molecular flexibility index (Phi) is 8.69. The standard InChI is InChI=1S/C24H27BrN4O4S/c25-18-4-1-3-17(13-18)14-21-23(31)29(16-19-5-2-10-33-19)24(34-21)20(15-26)22(30)27-6-7-28-8-11-32-12-9-28/h1,3-4,13-14,19H,2,5-12,16H2,(H,27,30)/b21-14-,24-20-/t19-/m0/s1. The molecule has 2 fully saturated rings. The first-order chi connectivity index (χ1) is 16.5. The number of hydrogen-bond acceptors (Lipinski definition) is 7. The molecular weight excluding hydrogens is 520 g/mol. The van der Waals surface area contributed by atoms with E-state index < -0.39 is 5.91 Å². The van der Waals surface area contributed by atoms with E-state index in [1.165, 1.54) is 15.9 Å². The van der Waals surface area contributed by atoms with Crippen molar-refractivity contribution >= 4 is 44.8 Å². The van der Waals surface area contributed by atoms with Gasteiger partial charge >= 0.3 is 0 Å². The number of thiazole rings is 1. The number of aromatic nitrogens is 1. The number of rotatable bonds is 7. The van der Waals surface area contributed by atoms with Crippen LogP contribution in [-0.4, -0.2) is 67.5 Å². The summed E-state index contributed by atoms with van der Waals surface area (Å²) in [6, 6.07) is 9.67. The molecule has 2 aromatic rings. The fraction of sp³-hybridized carbons (Fsp3) is 0.458. The van der Waals surface area contributed by atoms with Gasteiger partial charge in [0, 0.05) is 37.3 Å². The van der Waals surface area contributed by atoms with E-state index in [4.69, 9.17) is 9.47 Å². The topological polar surface area (TPSA) is 96.6 Å². The Morgan fingerprint density at radius 3 is 2.85 bits per heavy atom. The maximum absolute atomic E-state index is 13.3. The molecule has 1 N–H and O–H groups in total. The number of morpholine rings is 1. The molecule has 1 aromatic heterocycles. The number of hydrogen-bond donors (Lipinski definition) is 1. The number of halogens is 1. The molecule has 2 saturated heterocycles. The van der Waals surface area contributed by atoms with Gasteiger partial charge in [-0.1, -0.05) is 28.1 Å². The van der Waals surface area contributed by atoms with Crippen LogP contribution in [0.1, 0.15) is 18.4 Å². The van der Waals surface area contributed by atoms with Crippen LogP contribution >= 0.6 is 27.3 Å². The Labute approximate surface area is 210 Å². The van der Waals surface area contributed by atoms with Crippen LogP contribution in [0.4, 0.5) is 0 Å². The quantitative estimate of drug-likeness (QED) is 0.551. The maximum Gasteiger partial charge on any atom is 0.269 e. The highest BCUT2D eigenvalue weighted by Crippen LogP contribution is 2.13. The first kappa shape index (κ1) is 24.8. The summed E-state index contributed by atoms with van der Waals surface area (Å²) in [6.07, 6.45) is 3.47. The van der Waals surface area contributed by atoms with E-state index >= 15 is 0 Å². The molecule has 1 aromatic carbocycles. The van der Waals surface area contributed by atoms with Crippen molar-refractivity contribution < 1.29 is 14.3 Å². The molecule has 0 spiro atoms. The van der Waals surface area contributed by atoms with Gasteiger partial charge in [-0.2, -0.15) is 5.26 Å². The summed E-state index contributed by atoms with van der Waals surface area (Å²) in [6.45, 7) is 5.11. The van der Waals surface area contributed by atoms with Crippen LogP contribution in [0.5, 0.6) is 0 Å². The molecule has 2 aliphatic rings. The molecule has 3 heterocycles. The first-order valence-electron chi connectivity index (χ1n) is 11.4. The van der Waals surface area contributed by atoms with Gasteiger partial charge in [-0.15, -0.1) is 11.3 Å². The lowest BCUT2D eigenvalue weighted by atomic mass is 10.2. The highest BCUT2D eigenvalue weighted by Gasteiger charge is 2.21. The smallest absolute Gasteiger partial charge is 0.269 e. The Hall–Kier alpha value is -2.29. The van der Waals surface area contributed by atoms with Crippen LogP contribution in [0, 0.1) is 11.3 Å². The average Bonchev–Trinajstić information content (AvgIpc) is 3.45. The number of amides is 1. The summed E-state index contributed by atoms with van der Waals surface area (Å²) in [5, 5.41) is 12.7. The van der Waals surface area contributed by atoms with Crippen molar-refractivity contribution in [3.05, 3.63) is 53.9 Å². The zero-order valence-electron chi connectivity index (χ0n) is 18.8. The van der Waals surface area contributed by atoms with Crippen molar-refractivity contribution in [1.29, 1.82) is 5.26 Å². The highest BCUT2D eigenvalue weighted by molar-refractivity contribution is 9.10. The van der Waals surface area contributed by atoms with E-state index in [0.717, 1.165) is 36.0 Å². The lowest BCUT2D eigenvalue weighted by Gasteiger charge is -2.26. The third-order valence-electron chi connectivity index (χ3n) is 5.83. The summed E-state index contributed by atoms with van der Waals surface area (Å²) in [7, 11) is 0. The van der Waals surface area contributed by atoms with Crippen LogP contribution in [0.25, 0.3) is 11.6 Å². The van der Waals surface area contributed by atoms with E-state index in [0.29, 0.717) is 48.7 Å². The summed E-state index contributed by atoms with van der Waals surface area (Å²) in [5.41, 5.74) is 0.595. The van der Waals surface area contributed by atoms with Crippen molar-refractivity contribution in [3.8, 4) is 6.07 Å². The minimum Gasteiger partial charge on any atom is -0.379 e. The van der Waals surface area contributed by atoms with Crippen molar-refractivity contribution in [2.75, 3.05) is 46.0 Å². The van der Waals surface area contributed by atoms with E-state index in [-0.39, 0.29) is 17.2 Å². The zero-order valence-corrected chi connectivity index (χ0v) is 21.2. The van der Waals surface area contributed by atoms with Crippen LogP contribution in [-0.2, 0) is 20.8 Å². The molecule has 0 aliphatic carbocycles. The monoisotopic (exact) mass is 546 g/mol. The number of carbonyl (C=O) groups is 1. The Balaban J connectivity index is 1.67. The number of nitrogens with one attached hydrogen (secondary N) is 1. The van der Waals surface area contributed by atoms with Gasteiger partial charge in [0.15, 0.2) is 5.57 Å². The molecule has 4 rings (SSSR count). The minimum absolute atomic E-state index is 0.0454. The highest BCUT2D eigenvalue weighted by atomic mass is 79.9. The van der Waals surface area contributed by atoms with Gasteiger partial charge in [-0.25, -0.2) is 0 Å². The van der Waals surface area contributed by atoms with E-state index in [9.17, 15) is 14.9 Å². The zero-order chi connectivity index (χ0) is 23.9. The number of benzene rings is 1. The molecule has 10 heteroatoms. The van der Waals surface area contributed by atoms with Crippen LogP contribution < -0.4 is 20.1 Å². The van der Waals surface area contributed by atoms with E-state index in [1.54, 1.807) is 6.08 Å². The Morgan fingerprint density at radius 2 is 2.15 bits per heavy atom. The van der Waals surface area contributed by atoms with Gasteiger partial charge in [0.25, 0.3) is 11.5 Å². The molecule has 2 aliphatic heterocycles. The predicted molar refractivity (Wildman–Crippen MR) is 134 cm³/mol. The molecule has 0 unspecified atom stereocenters. The van der Waals surface area contributed by atoms with Crippen molar-refractivity contribution in [2.45, 2.75) is 25.5 Å². The summed E-state index contributed by atoms with van der Waals surface area (Å²) >= 11 is 4.62. The second-order valence-electron chi connectivity index (χ2n) is 8.22. The van der Waals surface area contributed by atoms with Crippen LogP contribution in [0.15, 0.2) is 33.5 Å². The molecule has 0 radical (unpaired) electrons. The molecular formula is C24H27BrN4O4S. The molecule has 0 bridgehead atoms. The van der Waals surface area contributed by atoms with E-state index in [1.807, 2.05) is 30.3 Å². The van der Waals surface area contributed by atoms with E-state index in [2.05, 4.69) is 26.1 Å². The van der Waals surface area contributed by atoms with Gasteiger partial charge in [-0.05, 0) is 36.6 Å². The SMILES string of the molecule is N#C/C(C(=O)NCCN1CCOCC1)=c1/s/c(=C\c2cccc(Br)c2)c(=O)n1C[C@@H]1CCCO1. The van der Waals surface area contributed by atoms with Crippen LogP contribution in [0.2, 0.25) is 0 Å². The lowest BCUT2D eigenvalue weighted by Crippen LogP contribution is -2.42. The fourth-order valence-corrected chi connectivity index (χ4v) is 5.57. The molecule has 180 valence electrons. The largest absolute Gasteiger partial charge is 0.379 e. The second kappa shape index (κ2) is 11.9. The normalized spacial score (nSPS) is 20.2. The van der Waals surface area contributed by atoms with Gasteiger partial charge in [0.1, 0.15) is 10.7 Å². The van der Waals surface area contributed by atoms with Crippen molar-refractivity contribution in [3.63, 3.8) is 0 Å². The molecule has 34 heavy (non-hydrogen) atoms. The minimum atomic E-state index is -0.466. The first-order valence-corrected chi connectivity index (χ1v) is 13.0. The summed E-state index contributed by atoms with van der Waals surface area (Å²) < 4.78 is 14.4. The number of ether oxygens (including phenoxy) is 2. The van der Waals surface area contributed by atoms with Gasteiger partial charge in [0.2, 0.25) is 0 Å². The predicted octanol–water partition coefficient (Wildman–Crippen LogP) is 0.803. The van der Waals surface area contributed by atoms with Gasteiger partial charge < -0.3 is 14.8 Å². The van der Waals surface area contributed by atoms with Crippen molar-refractivity contribution in [1.82, 2.24) is 14.8 Å². The van der Waals surface area contributed by atoms with Gasteiger partial charge in [-0.3, -0.25) is 19.1 Å². The fourth-order valence-electron chi connectivity index (χ4n) is 4.05. The lowest BCUT2D eigenvalue weighted by molar-refractivity contribution is -0.115. The molecule has 8 nitrogen and oxygen atoms in total. The third-order valence-corrected chi connectivity index (χ3v) is 7.46. The summed E-state index contributed by atoms with van der Waals surface area (Å²) in [5.74, 6) is -0.466. The second-order valence-corrected chi connectivity index (χ2v) is 10.2. The average molecular weight is 547 g/mol. The number of nitriles is 1. The van der Waals surface area contributed by atoms with Crippen LogP contribution in [0.3, 0.4) is 0 Å². The molecule has 1 amide bonds. The Morgan fingerprint density at radius 1 is 1.32 bits per heavy atom. The number of carbonyl (C=O) groups excluding carboxylic acids is 1. The number of nitrogens with zero attached hydrogens (tertiary/aromatic N) is 3. The Bertz CT molecular complexity index is 1240. The molecule has 1 atom stereocenters. The molecule has 0 saturated carbocycles. The third kappa shape index (κ3) is 6.23.